The monoisotopic (exact) mass is 179 g/mol. The fourth-order valence-corrected chi connectivity index (χ4v) is 1.16. The Kier molecular flexibility index (Phi) is 2.91. The maximum absolute atomic E-state index is 11.0. The standard InChI is InChI=1S/C11H17NO/c1-11(2,3)6-4-9-5-7-12-10(13)8-9/h5,7-8H,4,6H2,1-3H3,(H,12,13). The van der Waals surface area contributed by atoms with Gasteiger partial charge in [0.25, 0.3) is 0 Å². The van der Waals surface area contributed by atoms with Gasteiger partial charge in [-0.25, -0.2) is 0 Å². The van der Waals surface area contributed by atoms with Crippen molar-refractivity contribution in [2.75, 3.05) is 0 Å². The molecule has 0 radical (unpaired) electrons. The first kappa shape index (κ1) is 10.0. The van der Waals surface area contributed by atoms with Crippen LogP contribution in [-0.2, 0) is 6.42 Å². The van der Waals surface area contributed by atoms with Gasteiger partial charge in [0.05, 0.1) is 0 Å². The van der Waals surface area contributed by atoms with Crippen LogP contribution in [0.25, 0.3) is 0 Å². The highest BCUT2D eigenvalue weighted by atomic mass is 16.1. The van der Waals surface area contributed by atoms with Crippen LogP contribution < -0.4 is 5.56 Å². The molecule has 0 aliphatic carbocycles. The third-order valence-electron chi connectivity index (χ3n) is 2.00. The summed E-state index contributed by atoms with van der Waals surface area (Å²) in [5, 5.41) is 0. The molecule has 1 aromatic heterocycles. The fraction of sp³-hybridized carbons (Fsp3) is 0.545. The number of aromatic amines is 1. The van der Waals surface area contributed by atoms with E-state index < -0.39 is 0 Å². The van der Waals surface area contributed by atoms with Crippen molar-refractivity contribution < 1.29 is 0 Å². The Hall–Kier alpha value is -1.05. The molecule has 0 unspecified atom stereocenters. The van der Waals surface area contributed by atoms with Crippen LogP contribution in [0.1, 0.15) is 32.8 Å². The number of H-pyrrole nitrogens is 1. The Morgan fingerprint density at radius 2 is 2.08 bits per heavy atom. The van der Waals surface area contributed by atoms with Gasteiger partial charge in [-0.1, -0.05) is 20.8 Å². The summed E-state index contributed by atoms with van der Waals surface area (Å²) in [7, 11) is 0. The highest BCUT2D eigenvalue weighted by Gasteiger charge is 2.09. The number of pyridine rings is 1. The molecule has 0 amide bonds. The normalized spacial score (nSPS) is 11.6. The molecule has 0 spiro atoms. The van der Waals surface area contributed by atoms with E-state index in [1.165, 1.54) is 0 Å². The van der Waals surface area contributed by atoms with E-state index in [9.17, 15) is 4.79 Å². The van der Waals surface area contributed by atoms with Crippen LogP contribution in [0.5, 0.6) is 0 Å². The van der Waals surface area contributed by atoms with E-state index in [2.05, 4.69) is 25.8 Å². The molecule has 72 valence electrons. The van der Waals surface area contributed by atoms with E-state index in [1.807, 2.05) is 6.07 Å². The maximum Gasteiger partial charge on any atom is 0.248 e. The molecule has 1 aromatic rings. The average Bonchev–Trinajstić information content (AvgIpc) is 2.00. The predicted octanol–water partition coefficient (Wildman–Crippen LogP) is 2.35. The molecule has 1 heterocycles. The highest BCUT2D eigenvalue weighted by Crippen LogP contribution is 2.20. The van der Waals surface area contributed by atoms with Crippen molar-refractivity contribution >= 4 is 0 Å². The molecule has 0 aliphatic heterocycles. The second-order valence-corrected chi connectivity index (χ2v) is 4.62. The van der Waals surface area contributed by atoms with Gasteiger partial charge in [-0.05, 0) is 29.9 Å². The van der Waals surface area contributed by atoms with Crippen LogP contribution in [-0.4, -0.2) is 4.98 Å². The minimum absolute atomic E-state index is 0.00795. The van der Waals surface area contributed by atoms with Crippen LogP contribution in [0.3, 0.4) is 0 Å². The Morgan fingerprint density at radius 1 is 1.38 bits per heavy atom. The zero-order valence-corrected chi connectivity index (χ0v) is 8.55. The SMILES string of the molecule is CC(C)(C)CCc1cc[nH]c(=O)c1. The second kappa shape index (κ2) is 3.77. The van der Waals surface area contributed by atoms with Gasteiger partial charge in [-0.2, -0.15) is 0 Å². The molecular weight excluding hydrogens is 162 g/mol. The summed E-state index contributed by atoms with van der Waals surface area (Å²) in [5.41, 5.74) is 1.45. The number of hydrogen-bond donors (Lipinski definition) is 1. The Balaban J connectivity index is 2.60. The second-order valence-electron chi connectivity index (χ2n) is 4.62. The first-order chi connectivity index (χ1) is 5.97. The topological polar surface area (TPSA) is 32.9 Å². The van der Waals surface area contributed by atoms with Gasteiger partial charge in [0.1, 0.15) is 0 Å². The van der Waals surface area contributed by atoms with Crippen molar-refractivity contribution in [2.45, 2.75) is 33.6 Å². The van der Waals surface area contributed by atoms with Gasteiger partial charge in [-0.3, -0.25) is 4.79 Å². The smallest absolute Gasteiger partial charge is 0.248 e. The lowest BCUT2D eigenvalue weighted by atomic mass is 9.89. The molecule has 0 saturated carbocycles. The first-order valence-corrected chi connectivity index (χ1v) is 4.65. The lowest BCUT2D eigenvalue weighted by Crippen LogP contribution is -2.09. The zero-order chi connectivity index (χ0) is 9.90. The Bertz CT molecular complexity index is 319. The van der Waals surface area contributed by atoms with Gasteiger partial charge in [0.2, 0.25) is 5.56 Å². The molecule has 1 rings (SSSR count). The van der Waals surface area contributed by atoms with Crippen molar-refractivity contribution in [2.24, 2.45) is 5.41 Å². The molecule has 0 aromatic carbocycles. The van der Waals surface area contributed by atoms with Crippen LogP contribution in [0.15, 0.2) is 23.1 Å². The van der Waals surface area contributed by atoms with Crippen molar-refractivity contribution in [3.8, 4) is 0 Å². The number of aryl methyl sites for hydroxylation is 1. The van der Waals surface area contributed by atoms with E-state index in [1.54, 1.807) is 12.3 Å². The van der Waals surface area contributed by atoms with Crippen LogP contribution in [0.4, 0.5) is 0 Å². The van der Waals surface area contributed by atoms with Crippen molar-refractivity contribution in [3.63, 3.8) is 0 Å². The summed E-state index contributed by atoms with van der Waals surface area (Å²) in [4.78, 5) is 13.6. The summed E-state index contributed by atoms with van der Waals surface area (Å²) in [6.45, 7) is 6.63. The molecule has 0 bridgehead atoms. The molecule has 0 aliphatic rings. The van der Waals surface area contributed by atoms with Crippen LogP contribution >= 0.6 is 0 Å². The average molecular weight is 179 g/mol. The third-order valence-corrected chi connectivity index (χ3v) is 2.00. The lowest BCUT2D eigenvalue weighted by molar-refractivity contribution is 0.378. The Morgan fingerprint density at radius 3 is 2.62 bits per heavy atom. The zero-order valence-electron chi connectivity index (χ0n) is 8.55. The van der Waals surface area contributed by atoms with E-state index >= 15 is 0 Å². The quantitative estimate of drug-likeness (QED) is 0.742. The number of hydrogen-bond acceptors (Lipinski definition) is 1. The van der Waals surface area contributed by atoms with E-state index in [0.717, 1.165) is 18.4 Å². The summed E-state index contributed by atoms with van der Waals surface area (Å²) < 4.78 is 0. The summed E-state index contributed by atoms with van der Waals surface area (Å²) in [6.07, 6.45) is 3.80. The van der Waals surface area contributed by atoms with Gasteiger partial charge >= 0.3 is 0 Å². The van der Waals surface area contributed by atoms with Gasteiger partial charge in [0, 0.05) is 12.3 Å². The van der Waals surface area contributed by atoms with Crippen molar-refractivity contribution in [3.05, 3.63) is 34.2 Å². The maximum atomic E-state index is 11.0. The third kappa shape index (κ3) is 3.92. The largest absolute Gasteiger partial charge is 0.329 e. The molecule has 1 N–H and O–H groups in total. The van der Waals surface area contributed by atoms with Crippen LogP contribution in [0, 0.1) is 5.41 Å². The summed E-state index contributed by atoms with van der Waals surface area (Å²) in [5.74, 6) is 0. The predicted molar refractivity (Wildman–Crippen MR) is 54.8 cm³/mol. The van der Waals surface area contributed by atoms with Gasteiger partial charge < -0.3 is 4.98 Å². The van der Waals surface area contributed by atoms with Gasteiger partial charge in [-0.15, -0.1) is 0 Å². The Labute approximate surface area is 79.0 Å². The van der Waals surface area contributed by atoms with Gasteiger partial charge in [0.15, 0.2) is 0 Å². The molecule has 0 atom stereocenters. The summed E-state index contributed by atoms with van der Waals surface area (Å²) >= 11 is 0. The highest BCUT2D eigenvalue weighted by molar-refractivity contribution is 5.10. The molecular formula is C11H17NO. The minimum atomic E-state index is -0.00795. The number of aromatic nitrogens is 1. The molecule has 2 nitrogen and oxygen atoms in total. The molecule has 13 heavy (non-hydrogen) atoms. The van der Waals surface area contributed by atoms with E-state index in [4.69, 9.17) is 0 Å². The van der Waals surface area contributed by atoms with E-state index in [-0.39, 0.29) is 5.56 Å². The number of nitrogens with one attached hydrogen (secondary N) is 1. The van der Waals surface area contributed by atoms with Crippen molar-refractivity contribution in [1.29, 1.82) is 0 Å². The molecule has 0 saturated heterocycles. The van der Waals surface area contributed by atoms with Crippen LogP contribution in [0.2, 0.25) is 0 Å². The summed E-state index contributed by atoms with van der Waals surface area (Å²) in [6, 6.07) is 3.64. The molecule has 2 heteroatoms. The van der Waals surface area contributed by atoms with E-state index in [0.29, 0.717) is 5.41 Å². The fourth-order valence-electron chi connectivity index (χ4n) is 1.16. The lowest BCUT2D eigenvalue weighted by Gasteiger charge is -2.17. The molecule has 0 fully saturated rings. The first-order valence-electron chi connectivity index (χ1n) is 4.65. The minimum Gasteiger partial charge on any atom is -0.329 e. The van der Waals surface area contributed by atoms with Crippen molar-refractivity contribution in [1.82, 2.24) is 4.98 Å². The number of rotatable bonds is 2.